The molecule has 2 aliphatic rings. The van der Waals surface area contributed by atoms with Crippen LogP contribution in [0.4, 0.5) is 5.82 Å². The van der Waals surface area contributed by atoms with E-state index in [2.05, 4.69) is 29.0 Å². The van der Waals surface area contributed by atoms with Crippen molar-refractivity contribution in [2.24, 2.45) is 5.92 Å². The fourth-order valence-electron chi connectivity index (χ4n) is 3.14. The largest absolute Gasteiger partial charge is 0.349 e. The number of aromatic nitrogens is 2. The second kappa shape index (κ2) is 6.18. The lowest BCUT2D eigenvalue weighted by Crippen LogP contribution is -2.43. The number of anilines is 1. The Bertz CT molecular complexity index is 529. The molecule has 5 heteroatoms. The third kappa shape index (κ3) is 3.28. The molecule has 116 valence electrons. The molecule has 0 bridgehead atoms. The van der Waals surface area contributed by atoms with Gasteiger partial charge in [-0.25, -0.2) is 4.98 Å². The van der Waals surface area contributed by atoms with Gasteiger partial charge in [0.1, 0.15) is 0 Å². The van der Waals surface area contributed by atoms with E-state index in [1.807, 2.05) is 10.8 Å². The highest BCUT2D eigenvalue weighted by molar-refractivity contribution is 5.37. The van der Waals surface area contributed by atoms with E-state index in [1.54, 1.807) is 6.20 Å². The van der Waals surface area contributed by atoms with E-state index in [4.69, 9.17) is 0 Å². The Labute approximate surface area is 126 Å². The Morgan fingerprint density at radius 2 is 2.05 bits per heavy atom. The summed E-state index contributed by atoms with van der Waals surface area (Å²) in [5, 5.41) is 3.40. The molecule has 0 spiro atoms. The molecule has 5 nitrogen and oxygen atoms in total. The normalized spacial score (nSPS) is 20.0. The van der Waals surface area contributed by atoms with Gasteiger partial charge < -0.3 is 14.8 Å². The molecular formula is C16H26N4O. The van der Waals surface area contributed by atoms with Gasteiger partial charge in [-0.1, -0.05) is 0 Å². The van der Waals surface area contributed by atoms with Gasteiger partial charge in [0.15, 0.2) is 5.82 Å². The molecule has 0 unspecified atom stereocenters. The molecule has 1 N–H and O–H groups in total. The van der Waals surface area contributed by atoms with Crippen LogP contribution >= 0.6 is 0 Å². The van der Waals surface area contributed by atoms with Crippen LogP contribution in [0.15, 0.2) is 17.2 Å². The fourth-order valence-corrected chi connectivity index (χ4v) is 3.14. The van der Waals surface area contributed by atoms with Crippen molar-refractivity contribution in [3.63, 3.8) is 0 Å². The van der Waals surface area contributed by atoms with Crippen LogP contribution in [0.3, 0.4) is 0 Å². The maximum absolute atomic E-state index is 12.7. The number of piperidine rings is 1. The van der Waals surface area contributed by atoms with Crippen molar-refractivity contribution >= 4 is 5.82 Å². The average Bonchev–Trinajstić information content (AvgIpc) is 3.31. The van der Waals surface area contributed by atoms with Gasteiger partial charge in [-0.05, 0) is 58.5 Å². The minimum Gasteiger partial charge on any atom is -0.349 e. The second-order valence-electron chi connectivity index (χ2n) is 6.63. The highest BCUT2D eigenvalue weighted by Crippen LogP contribution is 2.33. The number of rotatable bonds is 5. The lowest BCUT2D eigenvalue weighted by Gasteiger charge is -2.33. The van der Waals surface area contributed by atoms with Gasteiger partial charge in [0.2, 0.25) is 0 Å². The number of hydrogen-bond acceptors (Lipinski definition) is 4. The van der Waals surface area contributed by atoms with Gasteiger partial charge >= 0.3 is 0 Å². The zero-order chi connectivity index (χ0) is 14.8. The monoisotopic (exact) mass is 290 g/mol. The Balaban J connectivity index is 1.83. The Hall–Kier alpha value is -1.36. The van der Waals surface area contributed by atoms with E-state index >= 15 is 0 Å². The molecule has 21 heavy (non-hydrogen) atoms. The van der Waals surface area contributed by atoms with Crippen molar-refractivity contribution in [1.82, 2.24) is 14.9 Å². The molecule has 1 aromatic rings. The minimum atomic E-state index is 0.0858. The van der Waals surface area contributed by atoms with Crippen LogP contribution in [0.1, 0.15) is 45.6 Å². The topological polar surface area (TPSA) is 50.2 Å². The van der Waals surface area contributed by atoms with E-state index in [0.29, 0.717) is 23.8 Å². The quantitative estimate of drug-likeness (QED) is 0.898. The van der Waals surface area contributed by atoms with Gasteiger partial charge in [0.05, 0.1) is 0 Å². The van der Waals surface area contributed by atoms with Crippen molar-refractivity contribution in [2.75, 3.05) is 24.5 Å². The van der Waals surface area contributed by atoms with E-state index in [0.717, 1.165) is 32.5 Å². The first-order chi connectivity index (χ1) is 10.2. The number of hydrogen-bond donors (Lipinski definition) is 1. The lowest BCUT2D eigenvalue weighted by molar-refractivity contribution is 0.366. The van der Waals surface area contributed by atoms with Gasteiger partial charge in [-0.3, -0.25) is 4.79 Å². The lowest BCUT2D eigenvalue weighted by atomic mass is 9.97. The highest BCUT2D eigenvalue weighted by Gasteiger charge is 2.28. The van der Waals surface area contributed by atoms with Crippen LogP contribution in [0.5, 0.6) is 0 Å². The van der Waals surface area contributed by atoms with Crippen molar-refractivity contribution in [2.45, 2.75) is 51.6 Å². The summed E-state index contributed by atoms with van der Waals surface area (Å²) in [6.45, 7) is 7.42. The Morgan fingerprint density at radius 3 is 2.67 bits per heavy atom. The molecule has 0 radical (unpaired) electrons. The van der Waals surface area contributed by atoms with E-state index in [-0.39, 0.29) is 5.56 Å². The maximum Gasteiger partial charge on any atom is 0.293 e. The molecule has 2 fully saturated rings. The van der Waals surface area contributed by atoms with E-state index < -0.39 is 0 Å². The predicted octanol–water partition coefficient (Wildman–Crippen LogP) is 1.79. The third-order valence-corrected chi connectivity index (χ3v) is 4.60. The number of nitrogens with zero attached hydrogens (tertiary/aromatic N) is 3. The molecule has 1 saturated carbocycles. The van der Waals surface area contributed by atoms with Crippen LogP contribution in [0, 0.1) is 5.92 Å². The molecule has 1 aromatic heterocycles. The SMILES string of the molecule is CC(C)N(CC1CCNCC1)c1nccn(C2CC2)c1=O. The zero-order valence-corrected chi connectivity index (χ0v) is 13.1. The molecule has 1 aliphatic carbocycles. The van der Waals surface area contributed by atoms with Crippen molar-refractivity contribution < 1.29 is 0 Å². The molecule has 1 aliphatic heterocycles. The summed E-state index contributed by atoms with van der Waals surface area (Å²) in [6.07, 6.45) is 8.25. The summed E-state index contributed by atoms with van der Waals surface area (Å²) in [7, 11) is 0. The zero-order valence-electron chi connectivity index (χ0n) is 13.1. The molecule has 1 saturated heterocycles. The fraction of sp³-hybridized carbons (Fsp3) is 0.750. The van der Waals surface area contributed by atoms with E-state index in [1.165, 1.54) is 12.8 Å². The molecule has 0 amide bonds. The second-order valence-corrected chi connectivity index (χ2v) is 6.63. The van der Waals surface area contributed by atoms with Crippen LogP contribution < -0.4 is 15.8 Å². The summed E-state index contributed by atoms with van der Waals surface area (Å²) >= 11 is 0. The molecular weight excluding hydrogens is 264 g/mol. The van der Waals surface area contributed by atoms with Crippen LogP contribution in [-0.4, -0.2) is 35.2 Å². The van der Waals surface area contributed by atoms with Crippen molar-refractivity contribution in [3.8, 4) is 0 Å². The smallest absolute Gasteiger partial charge is 0.293 e. The van der Waals surface area contributed by atoms with Crippen LogP contribution in [-0.2, 0) is 0 Å². The standard InChI is InChI=1S/C16H26N4O/c1-12(2)20(11-13-5-7-17-8-6-13)15-16(21)19(10-9-18-15)14-3-4-14/h9-10,12-14,17H,3-8,11H2,1-2H3. The van der Waals surface area contributed by atoms with Gasteiger partial charge in [0, 0.05) is 31.0 Å². The van der Waals surface area contributed by atoms with Crippen LogP contribution in [0.2, 0.25) is 0 Å². The first-order valence-electron chi connectivity index (χ1n) is 8.21. The first-order valence-corrected chi connectivity index (χ1v) is 8.21. The summed E-state index contributed by atoms with van der Waals surface area (Å²) in [6, 6.07) is 0.710. The summed E-state index contributed by atoms with van der Waals surface area (Å²) in [5.74, 6) is 1.29. The van der Waals surface area contributed by atoms with Crippen molar-refractivity contribution in [3.05, 3.63) is 22.7 Å². The predicted molar refractivity (Wildman–Crippen MR) is 84.8 cm³/mol. The molecule has 0 aromatic carbocycles. The highest BCUT2D eigenvalue weighted by atomic mass is 16.1. The van der Waals surface area contributed by atoms with Gasteiger partial charge in [-0.15, -0.1) is 0 Å². The Morgan fingerprint density at radius 1 is 1.33 bits per heavy atom. The summed E-state index contributed by atoms with van der Waals surface area (Å²) in [4.78, 5) is 19.3. The third-order valence-electron chi connectivity index (χ3n) is 4.60. The van der Waals surface area contributed by atoms with Gasteiger partial charge in [0.25, 0.3) is 5.56 Å². The summed E-state index contributed by atoms with van der Waals surface area (Å²) in [5.41, 5.74) is 0.0858. The maximum atomic E-state index is 12.7. The van der Waals surface area contributed by atoms with E-state index in [9.17, 15) is 4.79 Å². The molecule has 0 atom stereocenters. The average molecular weight is 290 g/mol. The number of nitrogens with one attached hydrogen (secondary N) is 1. The van der Waals surface area contributed by atoms with Gasteiger partial charge in [-0.2, -0.15) is 0 Å². The van der Waals surface area contributed by atoms with Crippen LogP contribution in [0.25, 0.3) is 0 Å². The molecule has 3 rings (SSSR count). The first kappa shape index (κ1) is 14.6. The minimum absolute atomic E-state index is 0.0858. The Kier molecular flexibility index (Phi) is 4.29. The van der Waals surface area contributed by atoms with Crippen molar-refractivity contribution in [1.29, 1.82) is 0 Å². The summed E-state index contributed by atoms with van der Waals surface area (Å²) < 4.78 is 1.88. The molecule has 2 heterocycles.